The highest BCUT2D eigenvalue weighted by molar-refractivity contribution is 6.45. The van der Waals surface area contributed by atoms with Gasteiger partial charge in [0.1, 0.15) is 0 Å². The van der Waals surface area contributed by atoms with E-state index in [-0.39, 0.29) is 35.6 Å². The van der Waals surface area contributed by atoms with Crippen molar-refractivity contribution in [3.63, 3.8) is 0 Å². The maximum Gasteiger partial charge on any atom is 0.328 e. The molecule has 6 N–H and O–H groups in total. The zero-order valence-electron chi connectivity index (χ0n) is 72.5. The molecule has 0 radical (unpaired) electrons. The number of hydrogen-bond donors (Lipinski definition) is 6. The van der Waals surface area contributed by atoms with Gasteiger partial charge >= 0.3 is 11.9 Å². The molecule has 4 aromatic rings. The molecule has 642 valence electrons. The number of benzene rings is 3. The molecule has 4 fully saturated rings. The highest BCUT2D eigenvalue weighted by Gasteiger charge is 2.37. The Hall–Kier alpha value is -12.2. The number of hydrogen-bond acceptors (Lipinski definition) is 15. The molecule has 123 heavy (non-hydrogen) atoms. The molecule has 5 aliphatic carbocycles. The number of anilines is 6. The van der Waals surface area contributed by atoms with E-state index in [0.29, 0.717) is 124 Å². The van der Waals surface area contributed by atoms with Crippen molar-refractivity contribution in [1.82, 2.24) is 19.7 Å². The minimum Gasteiger partial charge on any atom is -0.478 e. The van der Waals surface area contributed by atoms with Crippen molar-refractivity contribution in [2.24, 2.45) is 32.7 Å². The number of aliphatic carboxylic acids is 2. The molecule has 0 bridgehead atoms. The van der Waals surface area contributed by atoms with Crippen molar-refractivity contribution < 1.29 is 43.7 Å². The van der Waals surface area contributed by atoms with Crippen LogP contribution in [0.3, 0.4) is 0 Å². The number of ether oxygens (including phenoxy) is 1. The summed E-state index contributed by atoms with van der Waals surface area (Å²) in [6, 6.07) is 22.0. The average Bonchev–Trinajstić information content (AvgIpc) is 1.77. The smallest absolute Gasteiger partial charge is 0.328 e. The van der Waals surface area contributed by atoms with E-state index in [1.807, 2.05) is 44.4 Å². The van der Waals surface area contributed by atoms with E-state index in [1.165, 1.54) is 54.9 Å². The lowest BCUT2D eigenvalue weighted by atomic mass is 9.72. The quantitative estimate of drug-likeness (QED) is 0.0298. The Bertz CT molecular complexity index is 5070. The molecule has 1 spiro atoms. The van der Waals surface area contributed by atoms with Crippen LogP contribution in [0.1, 0.15) is 203 Å². The maximum atomic E-state index is 13.0. The molecule has 25 heteroatoms. The number of nitrogens with one attached hydrogen (secondary N) is 4. The van der Waals surface area contributed by atoms with E-state index >= 15 is 0 Å². The van der Waals surface area contributed by atoms with Gasteiger partial charge in [-0.1, -0.05) is 108 Å². The Labute approximate surface area is 724 Å². The van der Waals surface area contributed by atoms with Crippen LogP contribution in [-0.4, -0.2) is 164 Å². The Balaban J connectivity index is 0.000000160. The van der Waals surface area contributed by atoms with Crippen molar-refractivity contribution in [2.45, 2.75) is 169 Å². The third-order valence-electron chi connectivity index (χ3n) is 24.8. The number of carbonyl (C=O) groups is 6. The van der Waals surface area contributed by atoms with Crippen LogP contribution in [0, 0.1) is 49.0 Å². The first-order chi connectivity index (χ1) is 59.1. The summed E-state index contributed by atoms with van der Waals surface area (Å²) in [6.45, 7) is 51.1. The second kappa shape index (κ2) is 43.0. The number of nitrogens with zero attached hydrogens (tertiary/aromatic N) is 12. The topological polar surface area (TPSA) is 271 Å². The van der Waals surface area contributed by atoms with E-state index in [0.717, 1.165) is 168 Å². The maximum absolute atomic E-state index is 13.0. The standard InChI is InChI=1S/C28H36N4O2.C28H36N4O.C22H23N3O3.C20H21N5O3/c1-20(34-18-17-32(3)4)22-7-8-24(31-27(33)25-9-10-26(29-2)30-25)23(19-22)21-11-15-28(16-12-21)13-5-6-14-28;1-20(32-16-14-31(5)15-17-32)22-7-9-26(30-27(33)23-6-8-24(18-23)29-4)25(19-22)21-10-12-28(2,3)13-11-21;1-15-9-11-25(12-10-15)20-13-16(4-8-21(26)27)3-7-19(20)24-22(28)17-5-6-18(14-17)23-2;1-13-9-11-25(12-10-13)19-15(5-3-14(22-19)4-8-18(26)27)24-20(28)16-6-7-17(21-2)23-16/h7-8,10-11,19-20H,5-6,9,12-18H2,1,3-4H3,(H,31,33);7-10,18-20H,6,11-17H2,1-3,5H3,(H,30,33);3-4,6-8,13-15H,5,9-12H2,1H3,(H,24,28)(H,26,27);3-5,7-8,13H,6,9-12H2,1H3,(H,24,28)(H,26,27)/b;;2*8-4+. The SMILES string of the molecule is [C-]#[N+]C1=CCC(C(=O)Nc2ccc(/C=C/C(=O)O)cc2N2CCC(C)CC2)=C1.[C-]#[N+]C1=CCC(C(=O)Nc2ccc(/C=C/C(=O)O)nc2N2CCC(C)CC2)=N1.[C-]#[N+]C1=CCC(C(=O)Nc2ccc(C(C)N3CCN(C)CC3)cc2C2=CCC(C)(C)CC2)=C1.[C-]#[N+]C1=CCC(C(=O)Nc2ccc(C(C)OCCN(C)C)cc2C2=CCC3(CCCC3)CC2)=N1. The number of pyridine rings is 1. The van der Waals surface area contributed by atoms with Crippen LogP contribution >= 0.6 is 0 Å². The highest BCUT2D eigenvalue weighted by Crippen LogP contribution is 2.51. The van der Waals surface area contributed by atoms with E-state index in [4.69, 9.17) is 41.2 Å². The average molecular weight is 1660 g/mol. The lowest BCUT2D eigenvalue weighted by Gasteiger charge is -2.37. The van der Waals surface area contributed by atoms with E-state index in [1.54, 1.807) is 54.7 Å². The minimum absolute atomic E-state index is 0.0292. The molecule has 3 aromatic carbocycles. The van der Waals surface area contributed by atoms with E-state index in [9.17, 15) is 28.8 Å². The van der Waals surface area contributed by atoms with Crippen LogP contribution < -0.4 is 31.1 Å². The largest absolute Gasteiger partial charge is 0.478 e. The summed E-state index contributed by atoms with van der Waals surface area (Å²) < 4.78 is 6.08. The second-order valence-electron chi connectivity index (χ2n) is 34.7. The monoisotopic (exact) mass is 1660 g/mol. The van der Waals surface area contributed by atoms with Gasteiger partial charge < -0.3 is 65.5 Å². The fourth-order valence-corrected chi connectivity index (χ4v) is 16.7. The lowest BCUT2D eigenvalue weighted by molar-refractivity contribution is -0.132. The lowest BCUT2D eigenvalue weighted by Crippen LogP contribution is -2.45. The molecule has 1 saturated carbocycles. The number of likely N-dealkylation sites (N-methyl/N-ethyl adjacent to an activating group) is 2. The Morgan fingerprint density at radius 1 is 0.569 bits per heavy atom. The van der Waals surface area contributed by atoms with Gasteiger partial charge in [0.25, 0.3) is 35.3 Å². The van der Waals surface area contributed by atoms with Crippen molar-refractivity contribution in [3.8, 4) is 0 Å². The number of carboxylic acids is 2. The Morgan fingerprint density at radius 2 is 1.07 bits per heavy atom. The number of aliphatic imine (C=N–C) groups is 2. The molecule has 2 atom stereocenters. The molecular weight excluding hydrogens is 1550 g/mol. The summed E-state index contributed by atoms with van der Waals surface area (Å²) in [6.07, 6.45) is 38.0. The number of piperidine rings is 2. The van der Waals surface area contributed by atoms with Gasteiger partial charge in [0.15, 0.2) is 28.6 Å². The van der Waals surface area contributed by atoms with Crippen LogP contribution in [0.2, 0.25) is 0 Å². The van der Waals surface area contributed by atoms with E-state index < -0.39 is 11.9 Å². The fraction of sp³-hybridized carbons (Fsp3) is 0.439. The molecule has 3 saturated heterocycles. The predicted octanol–water partition coefficient (Wildman–Crippen LogP) is 18.7. The summed E-state index contributed by atoms with van der Waals surface area (Å²) in [5, 5.41) is 29.8. The third kappa shape index (κ3) is 25.7. The molecule has 25 nitrogen and oxygen atoms in total. The molecular formula is C98H116N16O9. The molecule has 5 aliphatic heterocycles. The first-order valence-electron chi connectivity index (χ1n) is 43.0. The van der Waals surface area contributed by atoms with Crippen LogP contribution in [0.4, 0.5) is 34.3 Å². The zero-order valence-corrected chi connectivity index (χ0v) is 72.5. The Kier molecular flexibility index (Phi) is 32.0. The van der Waals surface area contributed by atoms with Crippen molar-refractivity contribution in [3.05, 3.63) is 241 Å². The normalized spacial score (nSPS) is 19.3. The molecule has 4 amide bonds. The van der Waals surface area contributed by atoms with Crippen molar-refractivity contribution in [2.75, 3.05) is 118 Å². The third-order valence-corrected chi connectivity index (χ3v) is 24.8. The number of carbonyl (C=O) groups excluding carboxylic acids is 4. The van der Waals surface area contributed by atoms with Crippen LogP contribution in [0.25, 0.3) is 42.7 Å². The van der Waals surface area contributed by atoms with Gasteiger partial charge in [0.05, 0.1) is 48.6 Å². The molecule has 6 heterocycles. The van der Waals surface area contributed by atoms with Gasteiger partial charge in [-0.15, -0.1) is 9.98 Å². The van der Waals surface area contributed by atoms with Gasteiger partial charge in [0, 0.05) is 124 Å². The fourth-order valence-electron chi connectivity index (χ4n) is 16.7. The van der Waals surface area contributed by atoms with Gasteiger partial charge in [-0.2, -0.15) is 0 Å². The predicted molar refractivity (Wildman–Crippen MR) is 490 cm³/mol. The van der Waals surface area contributed by atoms with Gasteiger partial charge in [0.2, 0.25) is 0 Å². The minimum atomic E-state index is -1.05. The number of piperazine rings is 1. The summed E-state index contributed by atoms with van der Waals surface area (Å²) in [5.74, 6) is -0.523. The number of allylic oxidation sites excluding steroid dienone is 10. The molecule has 2 unspecified atom stereocenters. The van der Waals surface area contributed by atoms with Gasteiger partial charge in [-0.25, -0.2) is 24.3 Å². The zero-order chi connectivity index (χ0) is 87.9. The molecule has 1 aromatic heterocycles. The van der Waals surface area contributed by atoms with Gasteiger partial charge in [-0.05, 0) is 248 Å². The number of aromatic nitrogens is 1. The summed E-state index contributed by atoms with van der Waals surface area (Å²) in [7, 11) is 6.27. The van der Waals surface area contributed by atoms with Crippen molar-refractivity contribution in [1.29, 1.82) is 0 Å². The summed E-state index contributed by atoms with van der Waals surface area (Å²) in [4.78, 5) is 110. The van der Waals surface area contributed by atoms with Crippen LogP contribution in [-0.2, 0) is 33.5 Å². The first-order valence-corrected chi connectivity index (χ1v) is 43.0. The van der Waals surface area contributed by atoms with Gasteiger partial charge in [-0.3, -0.25) is 24.1 Å². The second-order valence-corrected chi connectivity index (χ2v) is 34.7. The summed E-state index contributed by atoms with van der Waals surface area (Å²) >= 11 is 0. The molecule has 10 aliphatic rings. The van der Waals surface area contributed by atoms with Crippen LogP contribution in [0.15, 0.2) is 172 Å². The van der Waals surface area contributed by atoms with Crippen LogP contribution in [0.5, 0.6) is 0 Å². The number of carboxylic acid groups (broad SMARTS) is 2. The highest BCUT2D eigenvalue weighted by atomic mass is 16.5. The Morgan fingerprint density at radius 3 is 1.59 bits per heavy atom. The number of rotatable bonds is 23. The first kappa shape index (κ1) is 91.5. The number of amides is 4. The molecule has 14 rings (SSSR count). The summed E-state index contributed by atoms with van der Waals surface area (Å²) in [5.41, 5.74) is 16.1. The van der Waals surface area contributed by atoms with Crippen molar-refractivity contribution >= 4 is 105 Å². The van der Waals surface area contributed by atoms with E-state index in [2.05, 4.69) is 165 Å².